The van der Waals surface area contributed by atoms with E-state index in [4.69, 9.17) is 0 Å². The molecule has 2 heteroatoms. The molecule has 0 aliphatic rings. The lowest BCUT2D eigenvalue weighted by Crippen LogP contribution is -2.40. The molecule has 0 radical (unpaired) electrons. The van der Waals surface area contributed by atoms with Gasteiger partial charge in [0.1, 0.15) is 0 Å². The van der Waals surface area contributed by atoms with Crippen molar-refractivity contribution in [2.75, 3.05) is 27.2 Å². The Hall–Kier alpha value is -0.860. The third kappa shape index (κ3) is 4.43. The topological polar surface area (TPSA) is 15.3 Å². The highest BCUT2D eigenvalue weighted by atomic mass is 15.1. The molecular weight excluding hydrogens is 220 g/mol. The summed E-state index contributed by atoms with van der Waals surface area (Å²) in [4.78, 5) is 2.26. The van der Waals surface area contributed by atoms with E-state index in [1.165, 1.54) is 22.3 Å². The van der Waals surface area contributed by atoms with Crippen LogP contribution in [0.4, 0.5) is 0 Å². The van der Waals surface area contributed by atoms with Crippen LogP contribution < -0.4 is 5.32 Å². The lowest BCUT2D eigenvalue weighted by Gasteiger charge is -2.24. The number of aryl methyl sites for hydroxylation is 3. The average Bonchev–Trinajstić information content (AvgIpc) is 2.22. The highest BCUT2D eigenvalue weighted by Gasteiger charge is 2.13. The van der Waals surface area contributed by atoms with Crippen molar-refractivity contribution in [3.05, 3.63) is 34.4 Å². The van der Waals surface area contributed by atoms with Crippen molar-refractivity contribution in [1.29, 1.82) is 0 Å². The van der Waals surface area contributed by atoms with Crippen molar-refractivity contribution in [2.45, 2.75) is 40.2 Å². The zero-order valence-electron chi connectivity index (χ0n) is 12.8. The Balaban J connectivity index is 2.86. The highest BCUT2D eigenvalue weighted by Crippen LogP contribution is 2.18. The molecular formula is C16H28N2. The van der Waals surface area contributed by atoms with E-state index in [1.807, 2.05) is 0 Å². The van der Waals surface area contributed by atoms with Gasteiger partial charge >= 0.3 is 0 Å². The van der Waals surface area contributed by atoms with Crippen LogP contribution in [0.3, 0.4) is 0 Å². The summed E-state index contributed by atoms with van der Waals surface area (Å²) in [6.45, 7) is 10.9. The molecule has 102 valence electrons. The van der Waals surface area contributed by atoms with Crippen LogP contribution in [0.25, 0.3) is 0 Å². The van der Waals surface area contributed by atoms with Crippen molar-refractivity contribution in [3.8, 4) is 0 Å². The molecule has 1 unspecified atom stereocenters. The zero-order chi connectivity index (χ0) is 13.7. The molecule has 0 aliphatic heterocycles. The summed E-state index contributed by atoms with van der Waals surface area (Å²) in [5, 5.41) is 3.59. The molecule has 1 rings (SSSR count). The maximum atomic E-state index is 3.59. The van der Waals surface area contributed by atoms with Gasteiger partial charge in [-0.15, -0.1) is 0 Å². The van der Waals surface area contributed by atoms with E-state index in [0.29, 0.717) is 6.04 Å². The molecule has 0 amide bonds. The van der Waals surface area contributed by atoms with Gasteiger partial charge in [0.2, 0.25) is 0 Å². The molecule has 1 aromatic carbocycles. The van der Waals surface area contributed by atoms with Gasteiger partial charge in [0.15, 0.2) is 0 Å². The monoisotopic (exact) mass is 248 g/mol. The van der Waals surface area contributed by atoms with Gasteiger partial charge in [-0.1, -0.05) is 24.6 Å². The number of likely N-dealkylation sites (N-methyl/N-ethyl adjacent to an activating group) is 2. The van der Waals surface area contributed by atoms with E-state index in [2.05, 4.69) is 64.1 Å². The van der Waals surface area contributed by atoms with Crippen LogP contribution in [0.5, 0.6) is 0 Å². The quantitative estimate of drug-likeness (QED) is 0.832. The third-order valence-corrected chi connectivity index (χ3v) is 3.37. The largest absolute Gasteiger partial charge is 0.313 e. The minimum atomic E-state index is 0.533. The van der Waals surface area contributed by atoms with Crippen LogP contribution in [-0.4, -0.2) is 38.1 Å². The second-order valence-electron chi connectivity index (χ2n) is 5.60. The van der Waals surface area contributed by atoms with E-state index in [9.17, 15) is 0 Å². The molecule has 0 heterocycles. The standard InChI is InChI=1S/C16H28N2/c1-7-17-15(11-18(5)6)10-16-13(3)8-12(2)9-14(16)4/h8-9,15,17H,7,10-11H2,1-6H3. The van der Waals surface area contributed by atoms with E-state index >= 15 is 0 Å². The minimum absolute atomic E-state index is 0.533. The Bertz CT molecular complexity index is 360. The Kier molecular flexibility index (Phi) is 5.83. The van der Waals surface area contributed by atoms with Gasteiger partial charge in [0.05, 0.1) is 0 Å². The predicted octanol–water partition coefficient (Wildman–Crippen LogP) is 2.69. The van der Waals surface area contributed by atoms with Crippen molar-refractivity contribution in [3.63, 3.8) is 0 Å². The fourth-order valence-electron chi connectivity index (χ4n) is 2.71. The molecule has 1 aromatic rings. The van der Waals surface area contributed by atoms with Gasteiger partial charge in [-0.2, -0.15) is 0 Å². The summed E-state index contributed by atoms with van der Waals surface area (Å²) in [7, 11) is 4.28. The fourth-order valence-corrected chi connectivity index (χ4v) is 2.71. The first-order valence-corrected chi connectivity index (χ1v) is 6.88. The second kappa shape index (κ2) is 6.91. The van der Waals surface area contributed by atoms with Gasteiger partial charge < -0.3 is 10.2 Å². The molecule has 1 atom stereocenters. The number of nitrogens with zero attached hydrogens (tertiary/aromatic N) is 1. The van der Waals surface area contributed by atoms with E-state index < -0.39 is 0 Å². The lowest BCUT2D eigenvalue weighted by atomic mass is 9.94. The number of hydrogen-bond acceptors (Lipinski definition) is 2. The Morgan fingerprint density at radius 2 is 1.67 bits per heavy atom. The van der Waals surface area contributed by atoms with Crippen molar-refractivity contribution < 1.29 is 0 Å². The summed E-state index contributed by atoms with van der Waals surface area (Å²) in [6, 6.07) is 5.12. The number of hydrogen-bond donors (Lipinski definition) is 1. The minimum Gasteiger partial charge on any atom is -0.313 e. The molecule has 0 bridgehead atoms. The van der Waals surface area contributed by atoms with Crippen molar-refractivity contribution in [1.82, 2.24) is 10.2 Å². The van der Waals surface area contributed by atoms with Crippen LogP contribution in [0.2, 0.25) is 0 Å². The summed E-state index contributed by atoms with van der Waals surface area (Å²) < 4.78 is 0. The third-order valence-electron chi connectivity index (χ3n) is 3.37. The van der Waals surface area contributed by atoms with Crippen LogP contribution >= 0.6 is 0 Å². The van der Waals surface area contributed by atoms with Gasteiger partial charge in [0, 0.05) is 12.6 Å². The number of benzene rings is 1. The van der Waals surface area contributed by atoms with Crippen molar-refractivity contribution >= 4 is 0 Å². The average molecular weight is 248 g/mol. The van der Waals surface area contributed by atoms with Crippen LogP contribution in [-0.2, 0) is 6.42 Å². The molecule has 0 saturated carbocycles. The number of rotatable bonds is 6. The summed E-state index contributed by atoms with van der Waals surface area (Å²) in [5.74, 6) is 0. The molecule has 0 fully saturated rings. The second-order valence-corrected chi connectivity index (χ2v) is 5.60. The summed E-state index contributed by atoms with van der Waals surface area (Å²) >= 11 is 0. The normalized spacial score (nSPS) is 13.1. The molecule has 0 spiro atoms. The molecule has 0 aromatic heterocycles. The van der Waals surface area contributed by atoms with Crippen LogP contribution in [0.15, 0.2) is 12.1 Å². The van der Waals surface area contributed by atoms with Gasteiger partial charge in [-0.25, -0.2) is 0 Å². The van der Waals surface area contributed by atoms with Gasteiger partial charge in [-0.05, 0) is 64.5 Å². The first-order valence-electron chi connectivity index (χ1n) is 6.88. The molecule has 1 N–H and O–H groups in total. The maximum absolute atomic E-state index is 3.59. The lowest BCUT2D eigenvalue weighted by molar-refractivity contribution is 0.338. The van der Waals surface area contributed by atoms with Gasteiger partial charge in [-0.3, -0.25) is 0 Å². The molecule has 18 heavy (non-hydrogen) atoms. The van der Waals surface area contributed by atoms with Crippen LogP contribution in [0, 0.1) is 20.8 Å². The molecule has 2 nitrogen and oxygen atoms in total. The SMILES string of the molecule is CCNC(Cc1c(C)cc(C)cc1C)CN(C)C. The Labute approximate surface area is 112 Å². The summed E-state index contributed by atoms with van der Waals surface area (Å²) in [5.41, 5.74) is 5.72. The predicted molar refractivity (Wildman–Crippen MR) is 80.4 cm³/mol. The molecule has 0 saturated heterocycles. The first-order chi connectivity index (χ1) is 8.43. The Morgan fingerprint density at radius 3 is 2.11 bits per heavy atom. The van der Waals surface area contributed by atoms with Gasteiger partial charge in [0.25, 0.3) is 0 Å². The van der Waals surface area contributed by atoms with Crippen molar-refractivity contribution in [2.24, 2.45) is 0 Å². The number of nitrogens with one attached hydrogen (secondary N) is 1. The smallest absolute Gasteiger partial charge is 0.0235 e. The van der Waals surface area contributed by atoms with E-state index in [-0.39, 0.29) is 0 Å². The van der Waals surface area contributed by atoms with E-state index in [1.54, 1.807) is 0 Å². The highest BCUT2D eigenvalue weighted by molar-refractivity contribution is 5.38. The maximum Gasteiger partial charge on any atom is 0.0235 e. The first kappa shape index (κ1) is 15.2. The van der Waals surface area contributed by atoms with Crippen LogP contribution in [0.1, 0.15) is 29.2 Å². The molecule has 0 aliphatic carbocycles. The summed E-state index contributed by atoms with van der Waals surface area (Å²) in [6.07, 6.45) is 1.12. The zero-order valence-corrected chi connectivity index (χ0v) is 12.8. The van der Waals surface area contributed by atoms with E-state index in [0.717, 1.165) is 19.5 Å². The Morgan fingerprint density at radius 1 is 1.11 bits per heavy atom. The fraction of sp³-hybridized carbons (Fsp3) is 0.625.